The molecule has 2 aliphatic rings. The molecule has 1 N–H and O–H groups in total. The van der Waals surface area contributed by atoms with Gasteiger partial charge in [0, 0.05) is 37.1 Å². The summed E-state index contributed by atoms with van der Waals surface area (Å²) >= 11 is 0. The number of hydrogen-bond donors (Lipinski definition) is 1. The average molecular weight is 423 g/mol. The van der Waals surface area contributed by atoms with Crippen LogP contribution in [0, 0.1) is 0 Å². The van der Waals surface area contributed by atoms with Crippen molar-refractivity contribution < 1.29 is 32.5 Å². The molecular weight excluding hydrogens is 403 g/mol. The van der Waals surface area contributed by atoms with Crippen molar-refractivity contribution in [3.63, 3.8) is 0 Å². The quantitative estimate of drug-likeness (QED) is 0.756. The first kappa shape index (κ1) is 20.4. The maximum Gasteiger partial charge on any atom is 0.434 e. The molecule has 1 aromatic carbocycles. The van der Waals surface area contributed by atoms with Crippen molar-refractivity contribution >= 4 is 17.6 Å². The molecule has 0 saturated carbocycles. The Labute approximate surface area is 170 Å². The number of phenols is 1. The van der Waals surface area contributed by atoms with Crippen molar-refractivity contribution in [3.05, 3.63) is 41.2 Å². The van der Waals surface area contributed by atoms with Gasteiger partial charge in [-0.05, 0) is 43.5 Å². The second-order valence-electron chi connectivity index (χ2n) is 7.33. The lowest BCUT2D eigenvalue weighted by molar-refractivity contribution is -0.141. The highest BCUT2D eigenvalue weighted by Gasteiger charge is 2.46. The number of rotatable bonds is 3. The Hall–Kier alpha value is -2.88. The van der Waals surface area contributed by atoms with Gasteiger partial charge in [-0.25, -0.2) is 14.8 Å². The molecule has 1 aromatic heterocycles. The Morgan fingerprint density at radius 2 is 2.07 bits per heavy atom. The summed E-state index contributed by atoms with van der Waals surface area (Å²) < 4.78 is 51.1. The van der Waals surface area contributed by atoms with E-state index in [2.05, 4.69) is 9.97 Å². The molecule has 30 heavy (non-hydrogen) atoms. The zero-order valence-corrected chi connectivity index (χ0v) is 16.2. The Morgan fingerprint density at radius 3 is 2.73 bits per heavy atom. The van der Waals surface area contributed by atoms with E-state index in [1.165, 1.54) is 13.0 Å². The Morgan fingerprint density at radius 1 is 1.33 bits per heavy atom. The third-order valence-corrected chi connectivity index (χ3v) is 5.53. The molecule has 7 nitrogen and oxygen atoms in total. The Balaban J connectivity index is 1.80. The maximum atomic E-state index is 13.6. The largest absolute Gasteiger partial charge is 0.508 e. The van der Waals surface area contributed by atoms with Crippen LogP contribution in [0.4, 0.5) is 24.8 Å². The number of fused-ring (bicyclic) bond motifs is 2. The molecule has 2 aliphatic heterocycles. The molecule has 0 aliphatic carbocycles. The van der Waals surface area contributed by atoms with Crippen LogP contribution >= 0.6 is 0 Å². The van der Waals surface area contributed by atoms with Crippen LogP contribution in [0.25, 0.3) is 0 Å². The lowest BCUT2D eigenvalue weighted by Gasteiger charge is -2.34. The molecule has 2 aromatic rings. The zero-order chi connectivity index (χ0) is 21.5. The fourth-order valence-corrected chi connectivity index (χ4v) is 4.10. The maximum absolute atomic E-state index is 13.6. The number of benzene rings is 1. The van der Waals surface area contributed by atoms with Gasteiger partial charge >= 0.3 is 12.1 Å². The van der Waals surface area contributed by atoms with E-state index < -0.39 is 23.4 Å². The van der Waals surface area contributed by atoms with Gasteiger partial charge in [0.05, 0.1) is 6.61 Å². The molecular formula is C20H20F3N3O4. The molecule has 3 heterocycles. The molecule has 0 bridgehead atoms. The molecule has 0 radical (unpaired) electrons. The van der Waals surface area contributed by atoms with Crippen molar-refractivity contribution in [2.45, 2.75) is 31.4 Å². The second kappa shape index (κ2) is 7.42. The minimum absolute atomic E-state index is 0.0640. The summed E-state index contributed by atoms with van der Waals surface area (Å²) in [4.78, 5) is 21.3. The fraction of sp³-hybridized carbons (Fsp3) is 0.450. The van der Waals surface area contributed by atoms with Gasteiger partial charge in [-0.1, -0.05) is 0 Å². The highest BCUT2D eigenvalue weighted by Crippen LogP contribution is 2.50. The van der Waals surface area contributed by atoms with E-state index in [0.29, 0.717) is 38.3 Å². The van der Waals surface area contributed by atoms with Crippen LogP contribution in [-0.4, -0.2) is 47.4 Å². The zero-order valence-electron chi connectivity index (χ0n) is 16.2. The summed E-state index contributed by atoms with van der Waals surface area (Å²) in [6.07, 6.45) is -2.67. The molecule has 0 atom stereocenters. The summed E-state index contributed by atoms with van der Waals surface area (Å²) in [5, 5.41) is 9.98. The number of anilines is 2. The minimum atomic E-state index is -4.85. The standard InChI is InChI=1S/C20H20F3N3O4/c1-2-30-17(28)13-10-24-18(25-16(13)20(21,22)23)26-11-19(5-7-29-8-6-19)14-9-12(27)3-4-15(14)26/h3-4,9-10,27H,2,5-8,11H2,1H3. The normalized spacial score (nSPS) is 17.8. The van der Waals surface area contributed by atoms with E-state index in [1.807, 2.05) is 0 Å². The monoisotopic (exact) mass is 423 g/mol. The second-order valence-corrected chi connectivity index (χ2v) is 7.33. The third kappa shape index (κ3) is 3.45. The van der Waals surface area contributed by atoms with Crippen LogP contribution in [0.3, 0.4) is 0 Å². The number of phenolic OH excluding ortho intramolecular Hbond substituents is 1. The SMILES string of the molecule is CCOC(=O)c1cnc(N2CC3(CCOCC3)c3cc(O)ccc32)nc1C(F)(F)F. The van der Waals surface area contributed by atoms with Crippen LogP contribution in [0.5, 0.6) is 5.75 Å². The fourth-order valence-electron chi connectivity index (χ4n) is 4.10. The van der Waals surface area contributed by atoms with E-state index in [0.717, 1.165) is 11.8 Å². The lowest BCUT2D eigenvalue weighted by Crippen LogP contribution is -2.38. The van der Waals surface area contributed by atoms with Crippen LogP contribution in [0.1, 0.15) is 41.4 Å². The molecule has 4 rings (SSSR count). The summed E-state index contributed by atoms with van der Waals surface area (Å²) in [6, 6.07) is 4.75. The van der Waals surface area contributed by atoms with E-state index in [9.17, 15) is 23.1 Å². The smallest absolute Gasteiger partial charge is 0.434 e. The number of aromatic hydroxyl groups is 1. The first-order chi connectivity index (χ1) is 14.2. The van der Waals surface area contributed by atoms with Gasteiger partial charge in [-0.15, -0.1) is 0 Å². The number of esters is 1. The lowest BCUT2D eigenvalue weighted by atomic mass is 9.76. The van der Waals surface area contributed by atoms with Crippen LogP contribution < -0.4 is 4.90 Å². The van der Waals surface area contributed by atoms with Crippen LogP contribution in [0.15, 0.2) is 24.4 Å². The summed E-state index contributed by atoms with van der Waals surface area (Å²) in [7, 11) is 0. The molecule has 10 heteroatoms. The van der Waals surface area contributed by atoms with Crippen LogP contribution in [0.2, 0.25) is 0 Å². The number of halogens is 3. The summed E-state index contributed by atoms with van der Waals surface area (Å²) in [5.74, 6) is -1.20. The minimum Gasteiger partial charge on any atom is -0.508 e. The highest BCUT2D eigenvalue weighted by atomic mass is 19.4. The molecule has 160 valence electrons. The number of nitrogens with zero attached hydrogens (tertiary/aromatic N) is 3. The third-order valence-electron chi connectivity index (χ3n) is 5.53. The van der Waals surface area contributed by atoms with E-state index in [1.54, 1.807) is 17.0 Å². The van der Waals surface area contributed by atoms with Crippen molar-refractivity contribution in [2.24, 2.45) is 0 Å². The number of hydrogen-bond acceptors (Lipinski definition) is 7. The predicted octanol–water partition coefficient (Wildman–Crippen LogP) is 3.58. The molecule has 0 amide bonds. The molecule has 1 spiro atoms. The van der Waals surface area contributed by atoms with Crippen molar-refractivity contribution in [3.8, 4) is 5.75 Å². The Bertz CT molecular complexity index is 974. The topological polar surface area (TPSA) is 84.8 Å². The number of carbonyl (C=O) groups is 1. The van der Waals surface area contributed by atoms with Gasteiger partial charge in [-0.2, -0.15) is 13.2 Å². The van der Waals surface area contributed by atoms with Crippen molar-refractivity contribution in [1.29, 1.82) is 0 Å². The summed E-state index contributed by atoms with van der Waals surface area (Å²) in [5.41, 5.74) is -0.976. The van der Waals surface area contributed by atoms with Gasteiger partial charge in [0.15, 0.2) is 5.69 Å². The predicted molar refractivity (Wildman–Crippen MR) is 99.8 cm³/mol. The average Bonchev–Trinajstić information content (AvgIpc) is 3.01. The van der Waals surface area contributed by atoms with Crippen molar-refractivity contribution in [2.75, 3.05) is 31.3 Å². The number of aromatic nitrogens is 2. The summed E-state index contributed by atoms with van der Waals surface area (Å²) in [6.45, 7) is 2.82. The van der Waals surface area contributed by atoms with Gasteiger partial charge < -0.3 is 19.5 Å². The number of ether oxygens (including phenoxy) is 2. The van der Waals surface area contributed by atoms with E-state index in [-0.39, 0.29) is 23.7 Å². The molecule has 0 unspecified atom stereocenters. The first-order valence-corrected chi connectivity index (χ1v) is 9.55. The number of carbonyl (C=O) groups excluding carboxylic acids is 1. The van der Waals surface area contributed by atoms with Gasteiger partial charge in [0.25, 0.3) is 0 Å². The van der Waals surface area contributed by atoms with E-state index >= 15 is 0 Å². The Kier molecular flexibility index (Phi) is 5.05. The number of alkyl halides is 3. The molecule has 1 saturated heterocycles. The first-order valence-electron chi connectivity index (χ1n) is 9.55. The van der Waals surface area contributed by atoms with Gasteiger partial charge in [0.1, 0.15) is 11.3 Å². The van der Waals surface area contributed by atoms with Crippen LogP contribution in [-0.2, 0) is 21.1 Å². The molecule has 1 fully saturated rings. The highest BCUT2D eigenvalue weighted by molar-refractivity contribution is 5.90. The van der Waals surface area contributed by atoms with Gasteiger partial charge in [-0.3, -0.25) is 0 Å². The van der Waals surface area contributed by atoms with Crippen molar-refractivity contribution in [1.82, 2.24) is 9.97 Å². The van der Waals surface area contributed by atoms with Gasteiger partial charge in [0.2, 0.25) is 5.95 Å². The van der Waals surface area contributed by atoms with E-state index in [4.69, 9.17) is 9.47 Å².